The fourth-order valence-electron chi connectivity index (χ4n) is 2.88. The van der Waals surface area contributed by atoms with Crippen LogP contribution >= 0.6 is 0 Å². The summed E-state index contributed by atoms with van der Waals surface area (Å²) in [7, 11) is 1.51. The summed E-state index contributed by atoms with van der Waals surface area (Å²) in [4.78, 5) is 26.1. The van der Waals surface area contributed by atoms with E-state index in [0.29, 0.717) is 43.4 Å². The molecule has 0 saturated carbocycles. The summed E-state index contributed by atoms with van der Waals surface area (Å²) in [6, 6.07) is 11.4. The van der Waals surface area contributed by atoms with E-state index in [1.54, 1.807) is 41.3 Å². The van der Waals surface area contributed by atoms with Crippen LogP contribution in [-0.2, 0) is 9.53 Å². The van der Waals surface area contributed by atoms with Gasteiger partial charge in [0, 0.05) is 18.7 Å². The zero-order valence-electron chi connectivity index (χ0n) is 16.2. The normalized spacial score (nSPS) is 14.0. The van der Waals surface area contributed by atoms with Gasteiger partial charge in [0.2, 0.25) is 0 Å². The molecule has 0 aromatic heterocycles. The summed E-state index contributed by atoms with van der Waals surface area (Å²) in [5, 5.41) is 9.48. The first kappa shape index (κ1) is 20.4. The molecule has 0 atom stereocenters. The van der Waals surface area contributed by atoms with Crippen LogP contribution in [0.1, 0.15) is 15.9 Å². The molecule has 0 radical (unpaired) electrons. The number of phenolic OH excluding ortho intramolecular Hbond substituents is 1. The topological polar surface area (TPSA) is 85.3 Å². The maximum Gasteiger partial charge on any atom is 0.260 e. The van der Waals surface area contributed by atoms with E-state index in [9.17, 15) is 14.7 Å². The first-order chi connectivity index (χ1) is 14.1. The van der Waals surface area contributed by atoms with Gasteiger partial charge in [-0.25, -0.2) is 0 Å². The Labute approximate surface area is 169 Å². The van der Waals surface area contributed by atoms with E-state index in [-0.39, 0.29) is 24.0 Å². The predicted molar refractivity (Wildman–Crippen MR) is 107 cm³/mol. The lowest BCUT2D eigenvalue weighted by Gasteiger charge is -2.26. The average Bonchev–Trinajstić information content (AvgIpc) is 2.76. The molecule has 152 valence electrons. The molecule has 0 aliphatic carbocycles. The monoisotopic (exact) mass is 397 g/mol. The van der Waals surface area contributed by atoms with Gasteiger partial charge >= 0.3 is 0 Å². The highest BCUT2D eigenvalue weighted by Gasteiger charge is 2.18. The maximum absolute atomic E-state index is 12.2. The second-order valence-corrected chi connectivity index (χ2v) is 6.44. The first-order valence-electron chi connectivity index (χ1n) is 9.24. The van der Waals surface area contributed by atoms with Crippen molar-refractivity contribution in [2.75, 3.05) is 40.0 Å². The lowest BCUT2D eigenvalue weighted by atomic mass is 10.1. The number of morpholine rings is 1. The van der Waals surface area contributed by atoms with E-state index in [0.717, 1.165) is 5.56 Å². The first-order valence-corrected chi connectivity index (χ1v) is 9.24. The van der Waals surface area contributed by atoms with Crippen molar-refractivity contribution in [1.29, 1.82) is 0 Å². The van der Waals surface area contributed by atoms with Crippen molar-refractivity contribution in [2.45, 2.75) is 0 Å². The molecular weight excluding hydrogens is 374 g/mol. The molecule has 0 unspecified atom stereocenters. The van der Waals surface area contributed by atoms with Crippen molar-refractivity contribution < 1.29 is 28.9 Å². The largest absolute Gasteiger partial charge is 0.508 e. The number of allylic oxidation sites excluding steroid dienone is 1. The highest BCUT2D eigenvalue weighted by Crippen LogP contribution is 2.28. The lowest BCUT2D eigenvalue weighted by molar-refractivity contribution is -0.137. The highest BCUT2D eigenvalue weighted by molar-refractivity contribution is 6.07. The van der Waals surface area contributed by atoms with Gasteiger partial charge in [-0.15, -0.1) is 0 Å². The highest BCUT2D eigenvalue weighted by atomic mass is 16.5. The number of nitrogens with zero attached hydrogens (tertiary/aromatic N) is 1. The van der Waals surface area contributed by atoms with Crippen LogP contribution in [0, 0.1) is 0 Å². The van der Waals surface area contributed by atoms with Gasteiger partial charge in [0.05, 0.1) is 20.3 Å². The van der Waals surface area contributed by atoms with Crippen LogP contribution in [0.15, 0.2) is 48.5 Å². The molecule has 29 heavy (non-hydrogen) atoms. The molecule has 1 heterocycles. The molecule has 0 bridgehead atoms. The van der Waals surface area contributed by atoms with Gasteiger partial charge in [-0.1, -0.05) is 24.3 Å². The smallest absolute Gasteiger partial charge is 0.260 e. The number of carbonyl (C=O) groups excluding carboxylic acids is 2. The number of phenols is 1. The maximum atomic E-state index is 12.2. The SMILES string of the molecule is COc1cc(/C=C/C(=O)c2cccc(O)c2)ccc1OCC(=O)N1CCOCC1. The Morgan fingerprint density at radius 2 is 1.93 bits per heavy atom. The number of hydrogen-bond donors (Lipinski definition) is 1. The summed E-state index contributed by atoms with van der Waals surface area (Å²) >= 11 is 0. The molecule has 1 amide bonds. The van der Waals surface area contributed by atoms with Gasteiger partial charge in [0.1, 0.15) is 5.75 Å². The molecule has 1 fully saturated rings. The number of hydrogen-bond acceptors (Lipinski definition) is 6. The molecule has 2 aromatic rings. The van der Waals surface area contributed by atoms with Gasteiger partial charge < -0.3 is 24.2 Å². The van der Waals surface area contributed by atoms with Gasteiger partial charge in [-0.05, 0) is 35.9 Å². The second kappa shape index (κ2) is 9.75. The van der Waals surface area contributed by atoms with Crippen molar-refractivity contribution in [1.82, 2.24) is 4.90 Å². The number of ketones is 1. The minimum atomic E-state index is -0.226. The fraction of sp³-hybridized carbons (Fsp3) is 0.273. The Morgan fingerprint density at radius 1 is 1.14 bits per heavy atom. The molecule has 2 aromatic carbocycles. The molecule has 7 heteroatoms. The lowest BCUT2D eigenvalue weighted by Crippen LogP contribution is -2.43. The third-order valence-electron chi connectivity index (χ3n) is 4.46. The standard InChI is InChI=1S/C22H23NO6/c1-27-21-13-16(5-7-19(25)17-3-2-4-18(24)14-17)6-8-20(21)29-15-22(26)23-9-11-28-12-10-23/h2-8,13-14,24H,9-12,15H2,1H3/b7-5+. The predicted octanol–water partition coefficient (Wildman–Crippen LogP) is 2.53. The Balaban J connectivity index is 1.63. The molecule has 1 aliphatic heterocycles. The van der Waals surface area contributed by atoms with E-state index in [1.165, 1.54) is 25.3 Å². The van der Waals surface area contributed by atoms with Gasteiger partial charge in [0.25, 0.3) is 5.91 Å². The molecule has 1 saturated heterocycles. The van der Waals surface area contributed by atoms with Crippen molar-refractivity contribution in [3.8, 4) is 17.2 Å². The summed E-state index contributed by atoms with van der Waals surface area (Å²) in [5.74, 6) is 0.628. The summed E-state index contributed by atoms with van der Waals surface area (Å²) in [6.07, 6.45) is 3.07. The summed E-state index contributed by atoms with van der Waals surface area (Å²) < 4.78 is 16.2. The number of methoxy groups -OCH3 is 1. The van der Waals surface area contributed by atoms with E-state index in [4.69, 9.17) is 14.2 Å². The van der Waals surface area contributed by atoms with Crippen LogP contribution in [0.25, 0.3) is 6.08 Å². The van der Waals surface area contributed by atoms with Crippen LogP contribution in [-0.4, -0.2) is 61.7 Å². The number of amides is 1. The fourth-order valence-corrected chi connectivity index (χ4v) is 2.88. The van der Waals surface area contributed by atoms with Crippen LogP contribution in [0.2, 0.25) is 0 Å². The second-order valence-electron chi connectivity index (χ2n) is 6.44. The zero-order chi connectivity index (χ0) is 20.6. The van der Waals surface area contributed by atoms with Crippen LogP contribution in [0.4, 0.5) is 0 Å². The summed E-state index contributed by atoms with van der Waals surface area (Å²) in [6.45, 7) is 2.13. The van der Waals surface area contributed by atoms with Crippen molar-refractivity contribution in [2.24, 2.45) is 0 Å². The number of carbonyl (C=O) groups is 2. The molecule has 1 N–H and O–H groups in total. The van der Waals surface area contributed by atoms with E-state index >= 15 is 0 Å². The Kier molecular flexibility index (Phi) is 6.86. The van der Waals surface area contributed by atoms with Gasteiger partial charge in [0.15, 0.2) is 23.9 Å². The average molecular weight is 397 g/mol. The summed E-state index contributed by atoms with van der Waals surface area (Å²) in [5.41, 5.74) is 1.14. The molecule has 3 rings (SSSR count). The molecule has 0 spiro atoms. The zero-order valence-corrected chi connectivity index (χ0v) is 16.2. The number of rotatable bonds is 7. The molecule has 1 aliphatic rings. The molecular formula is C22H23NO6. The van der Waals surface area contributed by atoms with Crippen LogP contribution in [0.5, 0.6) is 17.2 Å². The number of aromatic hydroxyl groups is 1. The van der Waals surface area contributed by atoms with Crippen molar-refractivity contribution in [3.05, 3.63) is 59.7 Å². The number of ether oxygens (including phenoxy) is 3. The minimum absolute atomic E-state index is 0.0408. The van der Waals surface area contributed by atoms with E-state index < -0.39 is 0 Å². The number of benzene rings is 2. The van der Waals surface area contributed by atoms with Gasteiger partial charge in [-0.2, -0.15) is 0 Å². The van der Waals surface area contributed by atoms with Crippen LogP contribution in [0.3, 0.4) is 0 Å². The quantitative estimate of drug-likeness (QED) is 0.571. The van der Waals surface area contributed by atoms with E-state index in [1.807, 2.05) is 0 Å². The third-order valence-corrected chi connectivity index (χ3v) is 4.46. The molecule has 7 nitrogen and oxygen atoms in total. The third kappa shape index (κ3) is 5.58. The Morgan fingerprint density at radius 3 is 2.66 bits per heavy atom. The van der Waals surface area contributed by atoms with Crippen molar-refractivity contribution in [3.63, 3.8) is 0 Å². The Hall–Kier alpha value is -3.32. The minimum Gasteiger partial charge on any atom is -0.508 e. The van der Waals surface area contributed by atoms with Crippen LogP contribution < -0.4 is 9.47 Å². The van der Waals surface area contributed by atoms with Crippen molar-refractivity contribution >= 4 is 17.8 Å². The Bertz CT molecular complexity index is 902. The van der Waals surface area contributed by atoms with Gasteiger partial charge in [-0.3, -0.25) is 9.59 Å². The van der Waals surface area contributed by atoms with E-state index in [2.05, 4.69) is 0 Å².